The van der Waals surface area contributed by atoms with Gasteiger partial charge in [-0.15, -0.1) is 0 Å². The van der Waals surface area contributed by atoms with Crippen molar-refractivity contribution in [1.82, 2.24) is 14.5 Å². The summed E-state index contributed by atoms with van der Waals surface area (Å²) in [6.45, 7) is 5.89. The highest BCUT2D eigenvalue weighted by atomic mass is 16.1. The molecular weight excluding hydrogens is 276 g/mol. The Morgan fingerprint density at radius 2 is 2.00 bits per heavy atom. The van der Waals surface area contributed by atoms with Crippen LogP contribution in [0.2, 0.25) is 0 Å². The molecule has 22 heavy (non-hydrogen) atoms. The van der Waals surface area contributed by atoms with E-state index >= 15 is 0 Å². The van der Waals surface area contributed by atoms with Crippen LogP contribution in [0.1, 0.15) is 25.5 Å². The second kappa shape index (κ2) is 5.26. The molecule has 112 valence electrons. The number of nitrogens with two attached hydrogens (primary N) is 1. The smallest absolute Gasteiger partial charge is 0.278 e. The lowest BCUT2D eigenvalue weighted by Gasteiger charge is -2.15. The number of fused-ring (bicyclic) bond motifs is 1. The molecule has 0 saturated heterocycles. The van der Waals surface area contributed by atoms with E-state index < -0.39 is 0 Å². The highest BCUT2D eigenvalue weighted by Gasteiger charge is 2.16. The van der Waals surface area contributed by atoms with Crippen molar-refractivity contribution in [3.8, 4) is 11.3 Å². The summed E-state index contributed by atoms with van der Waals surface area (Å²) in [5.74, 6) is 0. The molecular formula is C17H18N4O. The van der Waals surface area contributed by atoms with E-state index in [9.17, 15) is 4.79 Å². The number of aryl methyl sites for hydroxylation is 1. The maximum atomic E-state index is 12.9. The lowest BCUT2D eigenvalue weighted by Crippen LogP contribution is -2.26. The van der Waals surface area contributed by atoms with Crippen LogP contribution in [0.15, 0.2) is 41.3 Å². The zero-order chi connectivity index (χ0) is 15.9. The molecule has 0 unspecified atom stereocenters. The van der Waals surface area contributed by atoms with E-state index in [1.807, 2.05) is 45.0 Å². The minimum atomic E-state index is -0.147. The highest BCUT2D eigenvalue weighted by molar-refractivity contribution is 5.85. The van der Waals surface area contributed by atoms with E-state index in [0.717, 1.165) is 11.1 Å². The SMILES string of the molecule is Cc1cccc(-c2nc3c(N)ccnc3n(C(C)C)c2=O)c1. The van der Waals surface area contributed by atoms with Crippen LogP contribution in [0.3, 0.4) is 0 Å². The van der Waals surface area contributed by atoms with Crippen molar-refractivity contribution in [3.05, 3.63) is 52.4 Å². The zero-order valence-electron chi connectivity index (χ0n) is 12.9. The molecule has 3 aromatic rings. The summed E-state index contributed by atoms with van der Waals surface area (Å²) in [5, 5.41) is 0. The minimum absolute atomic E-state index is 0.0316. The van der Waals surface area contributed by atoms with Gasteiger partial charge in [0.2, 0.25) is 0 Å². The molecule has 0 radical (unpaired) electrons. The van der Waals surface area contributed by atoms with Gasteiger partial charge in [-0.1, -0.05) is 23.8 Å². The molecule has 0 bridgehead atoms. The first-order valence-electron chi connectivity index (χ1n) is 7.23. The number of hydrogen-bond donors (Lipinski definition) is 1. The second-order valence-electron chi connectivity index (χ2n) is 5.67. The summed E-state index contributed by atoms with van der Waals surface area (Å²) in [6.07, 6.45) is 1.60. The van der Waals surface area contributed by atoms with Gasteiger partial charge in [-0.3, -0.25) is 9.36 Å². The van der Waals surface area contributed by atoms with Gasteiger partial charge < -0.3 is 5.73 Å². The Kier molecular flexibility index (Phi) is 3.41. The van der Waals surface area contributed by atoms with E-state index in [4.69, 9.17) is 5.73 Å². The molecule has 2 heterocycles. The fraction of sp³-hybridized carbons (Fsp3) is 0.235. The Hall–Kier alpha value is -2.69. The molecule has 5 heteroatoms. The first-order chi connectivity index (χ1) is 10.5. The molecule has 0 atom stereocenters. The molecule has 0 aliphatic carbocycles. The third-order valence-electron chi connectivity index (χ3n) is 3.62. The number of anilines is 1. The van der Waals surface area contributed by atoms with Crippen molar-refractivity contribution in [2.45, 2.75) is 26.8 Å². The lowest BCUT2D eigenvalue weighted by molar-refractivity contribution is 0.594. The molecule has 3 rings (SSSR count). The first kappa shape index (κ1) is 14.3. The number of aromatic nitrogens is 3. The Morgan fingerprint density at radius 3 is 2.68 bits per heavy atom. The van der Waals surface area contributed by atoms with Crippen LogP contribution in [-0.4, -0.2) is 14.5 Å². The van der Waals surface area contributed by atoms with Gasteiger partial charge in [0.25, 0.3) is 5.56 Å². The van der Waals surface area contributed by atoms with Crippen molar-refractivity contribution in [2.24, 2.45) is 0 Å². The summed E-state index contributed by atoms with van der Waals surface area (Å²) >= 11 is 0. The van der Waals surface area contributed by atoms with E-state index in [2.05, 4.69) is 9.97 Å². The molecule has 0 aliphatic heterocycles. The number of benzene rings is 1. The molecule has 2 N–H and O–H groups in total. The van der Waals surface area contributed by atoms with Gasteiger partial charge in [0.05, 0.1) is 5.69 Å². The van der Waals surface area contributed by atoms with Gasteiger partial charge in [-0.25, -0.2) is 9.97 Å². The van der Waals surface area contributed by atoms with E-state index in [1.165, 1.54) is 0 Å². The van der Waals surface area contributed by atoms with Crippen molar-refractivity contribution >= 4 is 16.9 Å². The van der Waals surface area contributed by atoms with Crippen LogP contribution in [0.25, 0.3) is 22.4 Å². The maximum Gasteiger partial charge on any atom is 0.278 e. The van der Waals surface area contributed by atoms with Crippen LogP contribution < -0.4 is 11.3 Å². The first-order valence-corrected chi connectivity index (χ1v) is 7.23. The molecule has 0 amide bonds. The normalized spacial score (nSPS) is 11.3. The molecule has 0 aliphatic rings. The standard InChI is InChI=1S/C17H18N4O/c1-10(2)21-16-15(13(18)7-8-19-16)20-14(17(21)22)12-6-4-5-11(3)9-12/h4-10H,1-3H3,(H2,18,19). The summed E-state index contributed by atoms with van der Waals surface area (Å²) in [5.41, 5.74) is 9.78. The summed E-state index contributed by atoms with van der Waals surface area (Å²) in [6, 6.07) is 9.41. The maximum absolute atomic E-state index is 12.9. The van der Waals surface area contributed by atoms with Crippen LogP contribution in [0.5, 0.6) is 0 Å². The van der Waals surface area contributed by atoms with Crippen LogP contribution in [0, 0.1) is 6.92 Å². The van der Waals surface area contributed by atoms with Crippen molar-refractivity contribution < 1.29 is 0 Å². The van der Waals surface area contributed by atoms with Crippen LogP contribution in [-0.2, 0) is 0 Å². The van der Waals surface area contributed by atoms with Gasteiger partial charge in [-0.05, 0) is 32.9 Å². The predicted octanol–water partition coefficient (Wildman–Crippen LogP) is 2.93. The molecule has 0 fully saturated rings. The topological polar surface area (TPSA) is 73.8 Å². The van der Waals surface area contributed by atoms with Gasteiger partial charge in [0, 0.05) is 17.8 Å². The Balaban J connectivity index is 2.44. The Bertz CT molecular complexity index is 912. The van der Waals surface area contributed by atoms with Crippen molar-refractivity contribution in [3.63, 3.8) is 0 Å². The van der Waals surface area contributed by atoms with E-state index in [1.54, 1.807) is 16.8 Å². The van der Waals surface area contributed by atoms with Gasteiger partial charge in [0.1, 0.15) is 11.2 Å². The third kappa shape index (κ3) is 2.24. The highest BCUT2D eigenvalue weighted by Crippen LogP contribution is 2.22. The number of pyridine rings is 1. The van der Waals surface area contributed by atoms with E-state index in [-0.39, 0.29) is 11.6 Å². The monoisotopic (exact) mass is 294 g/mol. The molecule has 2 aromatic heterocycles. The predicted molar refractivity (Wildman–Crippen MR) is 88.8 cm³/mol. The number of hydrogen-bond acceptors (Lipinski definition) is 4. The van der Waals surface area contributed by atoms with Crippen molar-refractivity contribution in [2.75, 3.05) is 5.73 Å². The average molecular weight is 294 g/mol. The average Bonchev–Trinajstić information content (AvgIpc) is 2.46. The largest absolute Gasteiger partial charge is 0.397 e. The quantitative estimate of drug-likeness (QED) is 0.788. The number of nitrogen functional groups attached to an aromatic ring is 1. The minimum Gasteiger partial charge on any atom is -0.397 e. The van der Waals surface area contributed by atoms with Crippen LogP contribution in [0.4, 0.5) is 5.69 Å². The molecule has 0 saturated carbocycles. The van der Waals surface area contributed by atoms with Gasteiger partial charge in [-0.2, -0.15) is 0 Å². The summed E-state index contributed by atoms with van der Waals surface area (Å²) in [4.78, 5) is 21.7. The van der Waals surface area contributed by atoms with Gasteiger partial charge >= 0.3 is 0 Å². The number of nitrogens with zero attached hydrogens (tertiary/aromatic N) is 3. The fourth-order valence-corrected chi connectivity index (χ4v) is 2.58. The van der Waals surface area contributed by atoms with Gasteiger partial charge in [0.15, 0.2) is 5.65 Å². The molecule has 0 spiro atoms. The molecule has 5 nitrogen and oxygen atoms in total. The molecule has 1 aromatic carbocycles. The Morgan fingerprint density at radius 1 is 1.23 bits per heavy atom. The Labute approximate surface area is 128 Å². The van der Waals surface area contributed by atoms with Crippen LogP contribution >= 0.6 is 0 Å². The number of rotatable bonds is 2. The summed E-state index contributed by atoms with van der Waals surface area (Å²) < 4.78 is 1.65. The fourth-order valence-electron chi connectivity index (χ4n) is 2.58. The zero-order valence-corrected chi connectivity index (χ0v) is 12.9. The van der Waals surface area contributed by atoms with E-state index in [0.29, 0.717) is 22.5 Å². The summed E-state index contributed by atoms with van der Waals surface area (Å²) in [7, 11) is 0. The lowest BCUT2D eigenvalue weighted by atomic mass is 10.1. The second-order valence-corrected chi connectivity index (χ2v) is 5.67. The third-order valence-corrected chi connectivity index (χ3v) is 3.62. The van der Waals surface area contributed by atoms with Crippen molar-refractivity contribution in [1.29, 1.82) is 0 Å².